The molecule has 170 valence electrons. The third-order valence-electron chi connectivity index (χ3n) is 6.04. The Morgan fingerprint density at radius 3 is 2.66 bits per heavy atom. The molecule has 1 N–H and O–H groups in total. The van der Waals surface area contributed by atoms with Crippen LogP contribution < -0.4 is 4.90 Å². The van der Waals surface area contributed by atoms with Crippen LogP contribution in [-0.4, -0.2) is 47.1 Å². The minimum atomic E-state index is -0.00934. The largest absolute Gasteiger partial charge is 0.381 e. The average Bonchev–Trinajstić information content (AvgIpc) is 3.47. The predicted octanol–water partition coefficient (Wildman–Crippen LogP) is 4.31. The Hall–Kier alpha value is -2.54. The highest BCUT2D eigenvalue weighted by Crippen LogP contribution is 2.32. The highest BCUT2D eigenvalue weighted by atomic mass is 35.5. The molecule has 0 bridgehead atoms. The summed E-state index contributed by atoms with van der Waals surface area (Å²) in [5.74, 6) is 0.205. The summed E-state index contributed by atoms with van der Waals surface area (Å²) in [7, 11) is 0. The number of hydrogen-bond acceptors (Lipinski definition) is 4. The van der Waals surface area contributed by atoms with Crippen LogP contribution in [0.2, 0.25) is 0 Å². The third kappa shape index (κ3) is 5.09. The van der Waals surface area contributed by atoms with Crippen molar-refractivity contribution in [3.05, 3.63) is 72.3 Å². The van der Waals surface area contributed by atoms with Gasteiger partial charge in [0.15, 0.2) is 0 Å². The molecule has 0 spiro atoms. The minimum Gasteiger partial charge on any atom is -0.381 e. The van der Waals surface area contributed by atoms with Crippen LogP contribution in [0.25, 0.3) is 11.1 Å². The molecule has 1 amide bonds. The summed E-state index contributed by atoms with van der Waals surface area (Å²) >= 11 is 0. The van der Waals surface area contributed by atoms with Gasteiger partial charge in [0.1, 0.15) is 0 Å². The molecule has 0 radical (unpaired) electrons. The molecule has 1 aromatic heterocycles. The zero-order valence-corrected chi connectivity index (χ0v) is 19.4. The summed E-state index contributed by atoms with van der Waals surface area (Å²) in [6.45, 7) is 4.10. The number of nitrogens with one attached hydrogen (secondary N) is 1. The number of halogens is 2. The second-order valence-corrected chi connectivity index (χ2v) is 8.03. The van der Waals surface area contributed by atoms with E-state index in [-0.39, 0.29) is 36.6 Å². The molecule has 0 aliphatic carbocycles. The van der Waals surface area contributed by atoms with Crippen molar-refractivity contribution in [3.8, 4) is 11.1 Å². The van der Waals surface area contributed by atoms with Crippen molar-refractivity contribution in [2.45, 2.75) is 19.5 Å². The van der Waals surface area contributed by atoms with Crippen LogP contribution in [0, 0.1) is 5.92 Å². The topological polar surface area (TPSA) is 61.5 Å². The van der Waals surface area contributed by atoms with E-state index >= 15 is 0 Å². The number of aromatic nitrogens is 2. The van der Waals surface area contributed by atoms with Crippen molar-refractivity contribution in [2.24, 2.45) is 5.92 Å². The molecule has 3 aromatic rings. The fraction of sp³-hybridized carbons (Fsp3) is 0.333. The Balaban J connectivity index is 0.00000144. The lowest BCUT2D eigenvalue weighted by atomic mass is 10.0. The van der Waals surface area contributed by atoms with Crippen molar-refractivity contribution in [1.82, 2.24) is 14.9 Å². The highest BCUT2D eigenvalue weighted by molar-refractivity contribution is 5.85. The third-order valence-corrected chi connectivity index (χ3v) is 6.04. The summed E-state index contributed by atoms with van der Waals surface area (Å²) in [6, 6.07) is 17.0. The molecule has 2 aliphatic heterocycles. The number of amides is 1. The van der Waals surface area contributed by atoms with Crippen LogP contribution >= 0.6 is 24.8 Å². The molecule has 5 rings (SSSR count). The van der Waals surface area contributed by atoms with Crippen LogP contribution in [0.4, 0.5) is 5.69 Å². The number of carbonyl (C=O) groups excluding carboxylic acids is 1. The van der Waals surface area contributed by atoms with Crippen LogP contribution in [0.3, 0.4) is 0 Å². The molecule has 3 heterocycles. The number of rotatable bonds is 4. The van der Waals surface area contributed by atoms with Crippen molar-refractivity contribution in [3.63, 3.8) is 0 Å². The number of hydrogen-bond donors (Lipinski definition) is 1. The number of H-pyrrole nitrogens is 1. The molecule has 32 heavy (non-hydrogen) atoms. The predicted molar refractivity (Wildman–Crippen MR) is 130 cm³/mol. The number of ether oxygens (including phenoxy) is 1. The molecular formula is C24H28Cl2N4O2. The Kier molecular flexibility index (Phi) is 8.18. The molecular weight excluding hydrogens is 447 g/mol. The lowest BCUT2D eigenvalue weighted by molar-refractivity contribution is -0.135. The summed E-state index contributed by atoms with van der Waals surface area (Å²) in [5.41, 5.74) is 5.79. The van der Waals surface area contributed by atoms with E-state index in [2.05, 4.69) is 57.3 Å². The van der Waals surface area contributed by atoms with Crippen molar-refractivity contribution in [1.29, 1.82) is 0 Å². The lowest BCUT2D eigenvalue weighted by Crippen LogP contribution is -2.39. The Morgan fingerprint density at radius 2 is 1.94 bits per heavy atom. The second kappa shape index (κ2) is 10.9. The van der Waals surface area contributed by atoms with Crippen molar-refractivity contribution >= 4 is 36.4 Å². The van der Waals surface area contributed by atoms with Crippen molar-refractivity contribution in [2.75, 3.05) is 31.2 Å². The van der Waals surface area contributed by atoms with Crippen molar-refractivity contribution < 1.29 is 9.53 Å². The highest BCUT2D eigenvalue weighted by Gasteiger charge is 2.30. The SMILES string of the molecule is Cl.Cl.O=C(C1CCOC1)N1CCN(Cc2cnc[nH]2)c2ccc(-c3ccccc3)cc2C1. The van der Waals surface area contributed by atoms with Gasteiger partial charge in [0.05, 0.1) is 31.1 Å². The van der Waals surface area contributed by atoms with Gasteiger partial charge in [-0.2, -0.15) is 0 Å². The first-order chi connectivity index (χ1) is 14.8. The fourth-order valence-electron chi connectivity index (χ4n) is 4.39. The van der Waals surface area contributed by atoms with Gasteiger partial charge in [0, 0.05) is 38.1 Å². The van der Waals surface area contributed by atoms with E-state index in [1.165, 1.54) is 22.4 Å². The van der Waals surface area contributed by atoms with E-state index < -0.39 is 0 Å². The van der Waals surface area contributed by atoms with E-state index in [0.29, 0.717) is 26.3 Å². The zero-order chi connectivity index (χ0) is 20.3. The number of aromatic amines is 1. The van der Waals surface area contributed by atoms with Gasteiger partial charge in [-0.05, 0) is 35.2 Å². The first-order valence-corrected chi connectivity index (χ1v) is 10.5. The quantitative estimate of drug-likeness (QED) is 0.611. The number of fused-ring (bicyclic) bond motifs is 1. The molecule has 8 heteroatoms. The van der Waals surface area contributed by atoms with Gasteiger partial charge in [-0.15, -0.1) is 24.8 Å². The Bertz CT molecular complexity index is 1010. The van der Waals surface area contributed by atoms with E-state index in [0.717, 1.165) is 25.2 Å². The van der Waals surface area contributed by atoms with E-state index in [1.54, 1.807) is 6.33 Å². The maximum absolute atomic E-state index is 13.2. The summed E-state index contributed by atoms with van der Waals surface area (Å²) in [6.07, 6.45) is 4.40. The van der Waals surface area contributed by atoms with E-state index in [9.17, 15) is 4.79 Å². The maximum Gasteiger partial charge on any atom is 0.228 e. The first-order valence-electron chi connectivity index (χ1n) is 10.5. The second-order valence-electron chi connectivity index (χ2n) is 8.03. The van der Waals surface area contributed by atoms with Gasteiger partial charge >= 0.3 is 0 Å². The molecule has 1 unspecified atom stereocenters. The maximum atomic E-state index is 13.2. The summed E-state index contributed by atoms with van der Waals surface area (Å²) < 4.78 is 5.47. The number of imidazole rings is 1. The van der Waals surface area contributed by atoms with Crippen LogP contribution in [0.15, 0.2) is 61.1 Å². The van der Waals surface area contributed by atoms with Crippen LogP contribution in [-0.2, 0) is 22.6 Å². The number of anilines is 1. The van der Waals surface area contributed by atoms with Gasteiger partial charge in [-0.25, -0.2) is 4.98 Å². The lowest BCUT2D eigenvalue weighted by Gasteiger charge is -2.25. The number of benzene rings is 2. The monoisotopic (exact) mass is 474 g/mol. The molecule has 1 saturated heterocycles. The normalized spacial score (nSPS) is 17.7. The smallest absolute Gasteiger partial charge is 0.228 e. The number of carbonyl (C=O) groups is 1. The van der Waals surface area contributed by atoms with Gasteiger partial charge in [0.2, 0.25) is 5.91 Å². The Morgan fingerprint density at radius 1 is 1.09 bits per heavy atom. The van der Waals surface area contributed by atoms with Gasteiger partial charge in [0.25, 0.3) is 0 Å². The molecule has 1 atom stereocenters. The first kappa shape index (κ1) is 24.1. The standard InChI is InChI=1S/C24H26N4O2.2ClH/c29-24(20-8-11-30-16-20)28-10-9-27(15-22-13-25-17-26-22)23-7-6-19(12-21(23)14-28)18-4-2-1-3-5-18;;/h1-7,12-13,17,20H,8-11,14-16H2,(H,25,26);2*1H. The average molecular weight is 475 g/mol. The van der Waals surface area contributed by atoms with Gasteiger partial charge < -0.3 is 19.5 Å². The Labute approximate surface area is 200 Å². The van der Waals surface area contributed by atoms with Gasteiger partial charge in [-0.1, -0.05) is 36.4 Å². The molecule has 0 saturated carbocycles. The molecule has 1 fully saturated rings. The molecule has 2 aliphatic rings. The van der Waals surface area contributed by atoms with E-state index in [4.69, 9.17) is 4.74 Å². The molecule has 2 aromatic carbocycles. The number of nitrogens with zero attached hydrogens (tertiary/aromatic N) is 3. The molecule has 6 nitrogen and oxygen atoms in total. The van der Waals surface area contributed by atoms with Crippen LogP contribution in [0.1, 0.15) is 17.7 Å². The van der Waals surface area contributed by atoms with Gasteiger partial charge in [-0.3, -0.25) is 4.79 Å². The zero-order valence-electron chi connectivity index (χ0n) is 17.8. The summed E-state index contributed by atoms with van der Waals surface area (Å²) in [4.78, 5) is 24.9. The van der Waals surface area contributed by atoms with E-state index in [1.807, 2.05) is 17.2 Å². The minimum absolute atomic E-state index is 0. The summed E-state index contributed by atoms with van der Waals surface area (Å²) in [5, 5.41) is 0. The fourth-order valence-corrected chi connectivity index (χ4v) is 4.39. The van der Waals surface area contributed by atoms with Crippen LogP contribution in [0.5, 0.6) is 0 Å².